The van der Waals surface area contributed by atoms with Crippen molar-refractivity contribution in [2.24, 2.45) is 0 Å². The summed E-state index contributed by atoms with van der Waals surface area (Å²) in [5.41, 5.74) is 2.31. The fourth-order valence-electron chi connectivity index (χ4n) is 1.59. The first-order valence-electron chi connectivity index (χ1n) is 4.65. The summed E-state index contributed by atoms with van der Waals surface area (Å²) in [7, 11) is 1.60. The number of ether oxygens (including phenoxy) is 1. The van der Waals surface area contributed by atoms with Crippen molar-refractivity contribution >= 4 is 17.2 Å². The van der Waals surface area contributed by atoms with E-state index in [2.05, 4.69) is 4.98 Å². The van der Waals surface area contributed by atoms with Gasteiger partial charge in [0.1, 0.15) is 5.75 Å². The monoisotopic (exact) mass is 201 g/mol. The highest BCUT2D eigenvalue weighted by Crippen LogP contribution is 2.22. The van der Waals surface area contributed by atoms with E-state index in [0.29, 0.717) is 5.56 Å². The summed E-state index contributed by atoms with van der Waals surface area (Å²) in [6.07, 6.45) is 0.844. The average Bonchev–Trinajstić information content (AvgIpc) is 2.27. The molecule has 0 aliphatic carbocycles. The Labute approximate surface area is 87.7 Å². The molecule has 15 heavy (non-hydrogen) atoms. The lowest BCUT2D eigenvalue weighted by Gasteiger charge is -2.05. The summed E-state index contributed by atoms with van der Waals surface area (Å²) >= 11 is 0. The molecule has 0 unspecified atom stereocenters. The number of aromatic nitrogens is 1. The highest BCUT2D eigenvalue weighted by atomic mass is 16.5. The third kappa shape index (κ3) is 1.68. The Morgan fingerprint density at radius 3 is 2.80 bits per heavy atom. The number of carbonyl (C=O) groups is 1. The summed E-state index contributed by atoms with van der Waals surface area (Å²) in [5, 5.41) is 0.829. The third-order valence-corrected chi connectivity index (χ3v) is 2.30. The molecule has 0 atom stereocenters. The molecular weight excluding hydrogens is 190 g/mol. The lowest BCUT2D eigenvalue weighted by Crippen LogP contribution is -1.91. The van der Waals surface area contributed by atoms with Gasteiger partial charge in [0.15, 0.2) is 6.29 Å². The Bertz CT molecular complexity index is 520. The topological polar surface area (TPSA) is 39.2 Å². The summed E-state index contributed by atoms with van der Waals surface area (Å²) in [6, 6.07) is 7.29. The Morgan fingerprint density at radius 1 is 1.33 bits per heavy atom. The van der Waals surface area contributed by atoms with Gasteiger partial charge in [0.25, 0.3) is 0 Å². The van der Waals surface area contributed by atoms with Gasteiger partial charge in [0, 0.05) is 16.6 Å². The molecule has 0 saturated heterocycles. The molecule has 1 heterocycles. The van der Waals surface area contributed by atoms with Gasteiger partial charge >= 0.3 is 0 Å². The zero-order valence-corrected chi connectivity index (χ0v) is 8.65. The van der Waals surface area contributed by atoms with Crippen molar-refractivity contribution in [2.45, 2.75) is 6.92 Å². The predicted octanol–water partition coefficient (Wildman–Crippen LogP) is 2.36. The van der Waals surface area contributed by atoms with E-state index in [1.54, 1.807) is 13.2 Å². The molecule has 2 rings (SSSR count). The molecule has 1 aromatic carbocycles. The second-order valence-corrected chi connectivity index (χ2v) is 3.35. The van der Waals surface area contributed by atoms with Crippen LogP contribution >= 0.6 is 0 Å². The zero-order valence-electron chi connectivity index (χ0n) is 8.65. The largest absolute Gasteiger partial charge is 0.497 e. The lowest BCUT2D eigenvalue weighted by molar-refractivity contribution is 0.112. The summed E-state index contributed by atoms with van der Waals surface area (Å²) in [6.45, 7) is 1.87. The molecule has 0 aliphatic heterocycles. The van der Waals surface area contributed by atoms with Crippen molar-refractivity contribution in [3.05, 3.63) is 35.5 Å². The molecule has 0 N–H and O–H groups in total. The summed E-state index contributed by atoms with van der Waals surface area (Å²) in [5.74, 6) is 0.733. The number of hydrogen-bond donors (Lipinski definition) is 0. The minimum absolute atomic E-state index is 0.649. The van der Waals surface area contributed by atoms with Crippen molar-refractivity contribution in [1.29, 1.82) is 0 Å². The van der Waals surface area contributed by atoms with Crippen LogP contribution in [-0.4, -0.2) is 18.4 Å². The van der Waals surface area contributed by atoms with E-state index < -0.39 is 0 Å². The van der Waals surface area contributed by atoms with Gasteiger partial charge in [-0.15, -0.1) is 0 Å². The number of benzene rings is 1. The van der Waals surface area contributed by atoms with E-state index in [9.17, 15) is 4.79 Å². The fourth-order valence-corrected chi connectivity index (χ4v) is 1.59. The van der Waals surface area contributed by atoms with Gasteiger partial charge < -0.3 is 4.74 Å². The quantitative estimate of drug-likeness (QED) is 0.700. The molecule has 0 saturated carbocycles. The van der Waals surface area contributed by atoms with Crippen LogP contribution < -0.4 is 4.74 Å². The first-order chi connectivity index (χ1) is 7.24. The number of nitrogens with zero attached hydrogens (tertiary/aromatic N) is 1. The van der Waals surface area contributed by atoms with Crippen LogP contribution in [0.5, 0.6) is 5.75 Å². The van der Waals surface area contributed by atoms with Crippen molar-refractivity contribution in [3.63, 3.8) is 0 Å². The van der Waals surface area contributed by atoms with Crippen LogP contribution in [0.2, 0.25) is 0 Å². The van der Waals surface area contributed by atoms with Crippen LogP contribution in [0, 0.1) is 6.92 Å². The standard InChI is InChI=1S/C12H11NO2/c1-8-5-9(7-14)11-6-10(15-2)3-4-12(11)13-8/h3-7H,1-2H3. The van der Waals surface area contributed by atoms with E-state index >= 15 is 0 Å². The maximum Gasteiger partial charge on any atom is 0.150 e. The fraction of sp³-hybridized carbons (Fsp3) is 0.167. The van der Waals surface area contributed by atoms with E-state index in [4.69, 9.17) is 4.74 Å². The van der Waals surface area contributed by atoms with Crippen molar-refractivity contribution in [1.82, 2.24) is 4.98 Å². The van der Waals surface area contributed by atoms with Crippen LogP contribution in [0.3, 0.4) is 0 Å². The molecule has 3 heteroatoms. The van der Waals surface area contributed by atoms with Gasteiger partial charge in [-0.1, -0.05) is 0 Å². The Balaban J connectivity index is 2.79. The smallest absolute Gasteiger partial charge is 0.150 e. The zero-order chi connectivity index (χ0) is 10.8. The van der Waals surface area contributed by atoms with Crippen LogP contribution in [-0.2, 0) is 0 Å². The number of rotatable bonds is 2. The summed E-state index contributed by atoms with van der Waals surface area (Å²) in [4.78, 5) is 15.2. The maximum atomic E-state index is 10.9. The van der Waals surface area contributed by atoms with Gasteiger partial charge in [0.2, 0.25) is 0 Å². The van der Waals surface area contributed by atoms with Crippen LogP contribution in [0.1, 0.15) is 16.1 Å². The molecule has 1 aromatic heterocycles. The lowest BCUT2D eigenvalue weighted by atomic mass is 10.1. The molecule has 76 valence electrons. The molecule has 0 radical (unpaired) electrons. The first-order valence-corrected chi connectivity index (χ1v) is 4.65. The highest BCUT2D eigenvalue weighted by molar-refractivity contribution is 5.97. The Hall–Kier alpha value is -1.90. The highest BCUT2D eigenvalue weighted by Gasteiger charge is 2.04. The third-order valence-electron chi connectivity index (χ3n) is 2.30. The van der Waals surface area contributed by atoms with Crippen LogP contribution in [0.4, 0.5) is 0 Å². The minimum atomic E-state index is 0.649. The minimum Gasteiger partial charge on any atom is -0.497 e. The Kier molecular flexibility index (Phi) is 2.37. The molecule has 0 fully saturated rings. The SMILES string of the molecule is COc1ccc2nc(C)cc(C=O)c2c1. The van der Waals surface area contributed by atoms with Crippen LogP contribution in [0.25, 0.3) is 10.9 Å². The number of methoxy groups -OCH3 is 1. The molecule has 3 nitrogen and oxygen atoms in total. The molecule has 0 spiro atoms. The van der Waals surface area contributed by atoms with Crippen molar-refractivity contribution in [2.75, 3.05) is 7.11 Å². The number of hydrogen-bond acceptors (Lipinski definition) is 3. The van der Waals surface area contributed by atoms with Crippen molar-refractivity contribution < 1.29 is 9.53 Å². The number of pyridine rings is 1. The van der Waals surface area contributed by atoms with E-state index in [-0.39, 0.29) is 0 Å². The van der Waals surface area contributed by atoms with E-state index in [0.717, 1.165) is 28.6 Å². The number of aryl methyl sites for hydroxylation is 1. The number of fused-ring (bicyclic) bond motifs is 1. The second-order valence-electron chi connectivity index (χ2n) is 3.35. The van der Waals surface area contributed by atoms with E-state index in [1.165, 1.54) is 0 Å². The van der Waals surface area contributed by atoms with Gasteiger partial charge in [0.05, 0.1) is 12.6 Å². The first kappa shape index (κ1) is 9.65. The van der Waals surface area contributed by atoms with Gasteiger partial charge in [-0.3, -0.25) is 9.78 Å². The molecule has 0 aliphatic rings. The van der Waals surface area contributed by atoms with Gasteiger partial charge in [-0.25, -0.2) is 0 Å². The van der Waals surface area contributed by atoms with Crippen LogP contribution in [0.15, 0.2) is 24.3 Å². The van der Waals surface area contributed by atoms with Gasteiger partial charge in [-0.2, -0.15) is 0 Å². The second kappa shape index (κ2) is 3.69. The number of carbonyl (C=O) groups excluding carboxylic acids is 1. The number of aldehydes is 1. The predicted molar refractivity (Wildman–Crippen MR) is 58.4 cm³/mol. The molecule has 0 amide bonds. The van der Waals surface area contributed by atoms with E-state index in [1.807, 2.05) is 25.1 Å². The maximum absolute atomic E-state index is 10.9. The molecular formula is C12H11NO2. The molecule has 0 bridgehead atoms. The average molecular weight is 201 g/mol. The summed E-state index contributed by atoms with van der Waals surface area (Å²) < 4.78 is 5.11. The van der Waals surface area contributed by atoms with Crippen molar-refractivity contribution in [3.8, 4) is 5.75 Å². The molecule has 2 aromatic rings. The van der Waals surface area contributed by atoms with Gasteiger partial charge in [-0.05, 0) is 31.2 Å². The Morgan fingerprint density at radius 2 is 2.13 bits per heavy atom. The normalized spacial score (nSPS) is 10.3.